The molecule has 0 unspecified atom stereocenters. The van der Waals surface area contributed by atoms with E-state index in [9.17, 15) is 4.79 Å². The Labute approximate surface area is 149 Å². The Kier molecular flexibility index (Phi) is 3.89. The van der Waals surface area contributed by atoms with E-state index in [0.29, 0.717) is 22.4 Å². The number of amides is 1. The molecule has 4 rings (SSSR count). The molecule has 0 atom stereocenters. The molecule has 0 bridgehead atoms. The van der Waals surface area contributed by atoms with Crippen LogP contribution < -0.4 is 15.6 Å². The first-order valence-corrected chi connectivity index (χ1v) is 8.12. The lowest BCUT2D eigenvalue weighted by Crippen LogP contribution is -2.21. The second kappa shape index (κ2) is 6.37. The van der Waals surface area contributed by atoms with Crippen LogP contribution in [0.4, 0.5) is 5.69 Å². The number of hydrogen-bond donors (Lipinski definition) is 2. The highest BCUT2D eigenvalue weighted by Crippen LogP contribution is 2.26. The molecule has 3 aromatic carbocycles. The summed E-state index contributed by atoms with van der Waals surface area (Å²) >= 11 is 0. The third kappa shape index (κ3) is 2.69. The minimum atomic E-state index is -0.389. The molecule has 1 aromatic heterocycles. The van der Waals surface area contributed by atoms with Crippen molar-refractivity contribution < 1.29 is 13.9 Å². The van der Waals surface area contributed by atoms with E-state index >= 15 is 0 Å². The van der Waals surface area contributed by atoms with Crippen LogP contribution in [-0.2, 0) is 0 Å². The van der Waals surface area contributed by atoms with Crippen LogP contribution in [0.5, 0.6) is 5.75 Å². The molecule has 128 valence electrons. The molecule has 0 saturated carbocycles. The monoisotopic (exact) mass is 344 g/mol. The Bertz CT molecular complexity index is 1190. The number of para-hydroxylation sites is 1. The van der Waals surface area contributed by atoms with Crippen molar-refractivity contribution in [3.63, 3.8) is 0 Å². The van der Waals surface area contributed by atoms with E-state index in [2.05, 4.69) is 5.32 Å². The summed E-state index contributed by atoms with van der Waals surface area (Å²) in [6.07, 6.45) is 0. The number of hydrogen-bond acceptors (Lipinski definition) is 4. The van der Waals surface area contributed by atoms with Crippen molar-refractivity contribution in [3.8, 4) is 5.75 Å². The summed E-state index contributed by atoms with van der Waals surface area (Å²) in [4.78, 5) is 12.8. The van der Waals surface area contributed by atoms with Crippen molar-refractivity contribution in [2.24, 2.45) is 0 Å². The summed E-state index contributed by atoms with van der Waals surface area (Å²) in [6, 6.07) is 20.5. The van der Waals surface area contributed by atoms with Crippen molar-refractivity contribution in [2.75, 3.05) is 12.4 Å². The Morgan fingerprint density at radius 2 is 1.73 bits per heavy atom. The van der Waals surface area contributed by atoms with Gasteiger partial charge in [0.1, 0.15) is 5.56 Å². The maximum Gasteiger partial charge on any atom is 0.261 e. The van der Waals surface area contributed by atoms with Gasteiger partial charge in [0.15, 0.2) is 11.3 Å². The summed E-state index contributed by atoms with van der Waals surface area (Å²) in [5.74, 6) is 0.136. The Morgan fingerprint density at radius 1 is 1.00 bits per heavy atom. The molecule has 0 radical (unpaired) electrons. The molecule has 0 aliphatic rings. The first-order chi connectivity index (χ1) is 12.7. The van der Waals surface area contributed by atoms with Crippen LogP contribution in [0.25, 0.3) is 21.7 Å². The first kappa shape index (κ1) is 15.9. The number of benzene rings is 3. The van der Waals surface area contributed by atoms with Crippen molar-refractivity contribution in [1.29, 1.82) is 5.41 Å². The number of nitrogens with one attached hydrogen (secondary N) is 2. The minimum Gasteiger partial charge on any atom is -0.493 e. The fourth-order valence-electron chi connectivity index (χ4n) is 2.99. The van der Waals surface area contributed by atoms with E-state index in [1.165, 1.54) is 7.11 Å². The van der Waals surface area contributed by atoms with Gasteiger partial charge in [-0.3, -0.25) is 10.2 Å². The van der Waals surface area contributed by atoms with Gasteiger partial charge in [-0.25, -0.2) is 0 Å². The van der Waals surface area contributed by atoms with E-state index in [4.69, 9.17) is 14.6 Å². The van der Waals surface area contributed by atoms with Crippen LogP contribution in [-0.4, -0.2) is 13.0 Å². The van der Waals surface area contributed by atoms with Crippen molar-refractivity contribution >= 4 is 33.3 Å². The van der Waals surface area contributed by atoms with Crippen LogP contribution in [0.2, 0.25) is 0 Å². The lowest BCUT2D eigenvalue weighted by atomic mass is 10.1. The van der Waals surface area contributed by atoms with Crippen LogP contribution in [0.15, 0.2) is 71.1 Å². The van der Waals surface area contributed by atoms with Gasteiger partial charge in [0, 0.05) is 16.5 Å². The second-order valence-corrected chi connectivity index (χ2v) is 5.85. The number of carbonyl (C=O) groups excluding carboxylic acids is 1. The fourth-order valence-corrected chi connectivity index (χ4v) is 2.99. The molecule has 4 aromatic rings. The molecule has 26 heavy (non-hydrogen) atoms. The molecule has 0 fully saturated rings. The van der Waals surface area contributed by atoms with Crippen molar-refractivity contribution in [3.05, 3.63) is 77.8 Å². The van der Waals surface area contributed by atoms with E-state index in [1.807, 2.05) is 54.6 Å². The summed E-state index contributed by atoms with van der Waals surface area (Å²) < 4.78 is 10.8. The molecule has 0 aliphatic heterocycles. The minimum absolute atomic E-state index is 0.165. The number of carbonyl (C=O) groups is 1. The highest BCUT2D eigenvalue weighted by Gasteiger charge is 2.14. The van der Waals surface area contributed by atoms with Gasteiger partial charge < -0.3 is 14.5 Å². The predicted octanol–water partition coefficient (Wildman–Crippen LogP) is 4.33. The molecule has 0 aliphatic carbocycles. The van der Waals surface area contributed by atoms with Gasteiger partial charge in [-0.2, -0.15) is 0 Å². The number of methoxy groups -OCH3 is 1. The molecule has 5 nitrogen and oxygen atoms in total. The fraction of sp³-hybridized carbons (Fsp3) is 0.0476. The van der Waals surface area contributed by atoms with E-state index < -0.39 is 0 Å². The van der Waals surface area contributed by atoms with E-state index in [0.717, 1.165) is 10.8 Å². The first-order valence-electron chi connectivity index (χ1n) is 8.12. The maximum absolute atomic E-state index is 12.8. The summed E-state index contributed by atoms with van der Waals surface area (Å²) in [6.45, 7) is 0. The lowest BCUT2D eigenvalue weighted by molar-refractivity contribution is 0.102. The molecule has 1 heterocycles. The van der Waals surface area contributed by atoms with Crippen LogP contribution in [0.3, 0.4) is 0 Å². The topological polar surface area (TPSA) is 75.3 Å². The Morgan fingerprint density at radius 3 is 2.58 bits per heavy atom. The van der Waals surface area contributed by atoms with Crippen molar-refractivity contribution in [1.82, 2.24) is 0 Å². The highest BCUT2D eigenvalue weighted by atomic mass is 16.5. The molecular weight excluding hydrogens is 328 g/mol. The normalized spacial score (nSPS) is 10.8. The maximum atomic E-state index is 12.8. The number of ether oxygens (including phenoxy) is 1. The quantitative estimate of drug-likeness (QED) is 0.581. The van der Waals surface area contributed by atoms with Gasteiger partial charge in [0.25, 0.3) is 5.91 Å². The van der Waals surface area contributed by atoms with Gasteiger partial charge in [-0.05, 0) is 23.6 Å². The second-order valence-electron chi connectivity index (χ2n) is 5.85. The predicted molar refractivity (Wildman–Crippen MR) is 101 cm³/mol. The smallest absolute Gasteiger partial charge is 0.261 e. The van der Waals surface area contributed by atoms with Gasteiger partial charge in [0.05, 0.1) is 7.11 Å². The standard InChI is InChI=1S/C21H16N2O3/c1-25-18-11-5-8-14-12-16(20(22)26-19(14)18)21(24)23-17-10-4-7-13-6-2-3-9-15(13)17/h2-12,22H,1H3,(H,23,24). The Hall–Kier alpha value is -3.60. The number of rotatable bonds is 3. The van der Waals surface area contributed by atoms with Gasteiger partial charge in [-0.1, -0.05) is 48.5 Å². The van der Waals surface area contributed by atoms with E-state index in [-0.39, 0.29) is 17.0 Å². The zero-order valence-corrected chi connectivity index (χ0v) is 14.1. The van der Waals surface area contributed by atoms with Crippen LogP contribution in [0.1, 0.15) is 10.4 Å². The lowest BCUT2D eigenvalue weighted by Gasteiger charge is -2.10. The molecule has 0 spiro atoms. The molecule has 5 heteroatoms. The number of anilines is 1. The van der Waals surface area contributed by atoms with Gasteiger partial charge in [-0.15, -0.1) is 0 Å². The molecule has 0 saturated heterocycles. The third-order valence-electron chi connectivity index (χ3n) is 4.26. The molecule has 1 amide bonds. The third-order valence-corrected chi connectivity index (χ3v) is 4.26. The average Bonchev–Trinajstić information content (AvgIpc) is 2.67. The SMILES string of the molecule is COc1cccc2cc(C(=O)Nc3cccc4ccccc34)c(=N)oc12. The zero-order valence-electron chi connectivity index (χ0n) is 14.1. The molecular formula is C21H16N2O3. The summed E-state index contributed by atoms with van der Waals surface area (Å²) in [5.41, 5.74) is 1.10. The summed E-state index contributed by atoms with van der Waals surface area (Å²) in [7, 11) is 1.54. The van der Waals surface area contributed by atoms with Crippen LogP contribution >= 0.6 is 0 Å². The van der Waals surface area contributed by atoms with E-state index in [1.54, 1.807) is 12.1 Å². The van der Waals surface area contributed by atoms with Crippen LogP contribution in [0, 0.1) is 5.41 Å². The summed E-state index contributed by atoms with van der Waals surface area (Å²) in [5, 5.41) is 13.7. The van der Waals surface area contributed by atoms with Gasteiger partial charge in [0.2, 0.25) is 5.55 Å². The van der Waals surface area contributed by atoms with Gasteiger partial charge >= 0.3 is 0 Å². The number of fused-ring (bicyclic) bond motifs is 2. The average molecular weight is 344 g/mol. The zero-order chi connectivity index (χ0) is 18.1. The largest absolute Gasteiger partial charge is 0.493 e. The van der Waals surface area contributed by atoms with Crippen molar-refractivity contribution in [2.45, 2.75) is 0 Å². The molecule has 2 N–H and O–H groups in total. The Balaban J connectivity index is 1.77. The highest BCUT2D eigenvalue weighted by molar-refractivity contribution is 6.09.